The Kier molecular flexibility index (Phi) is 5.06. The zero-order valence-corrected chi connectivity index (χ0v) is 13.6. The van der Waals surface area contributed by atoms with E-state index in [-0.39, 0.29) is 5.92 Å². The molecule has 1 fully saturated rings. The average molecular weight is 320 g/mol. The minimum absolute atomic E-state index is 0.138. The second-order valence-electron chi connectivity index (χ2n) is 5.40. The first kappa shape index (κ1) is 14.8. The maximum absolute atomic E-state index is 12.8. The molecular weight excluding hydrogens is 300 g/mol. The van der Waals surface area contributed by atoms with Gasteiger partial charge in [-0.2, -0.15) is 0 Å². The van der Waals surface area contributed by atoms with Crippen LogP contribution in [0, 0.1) is 5.92 Å². The molecule has 1 amide bonds. The van der Waals surface area contributed by atoms with Crippen LogP contribution in [0.5, 0.6) is 0 Å². The quantitative estimate of drug-likeness (QED) is 0.916. The van der Waals surface area contributed by atoms with Gasteiger partial charge in [-0.05, 0) is 42.3 Å². The molecule has 0 saturated carbocycles. The van der Waals surface area contributed by atoms with Crippen LogP contribution in [0.4, 0.5) is 0 Å². The van der Waals surface area contributed by atoms with Gasteiger partial charge in [0.15, 0.2) is 0 Å². The number of thiophene rings is 2. The van der Waals surface area contributed by atoms with Crippen molar-refractivity contribution in [1.82, 2.24) is 10.2 Å². The van der Waals surface area contributed by atoms with Gasteiger partial charge in [0, 0.05) is 16.3 Å². The van der Waals surface area contributed by atoms with Crippen LogP contribution in [0.3, 0.4) is 0 Å². The van der Waals surface area contributed by atoms with Gasteiger partial charge >= 0.3 is 0 Å². The molecular formula is C16H20N2OS2. The number of rotatable bonds is 5. The molecule has 1 saturated heterocycles. The van der Waals surface area contributed by atoms with Crippen LogP contribution in [0.1, 0.15) is 22.6 Å². The van der Waals surface area contributed by atoms with Crippen molar-refractivity contribution in [2.75, 3.05) is 13.1 Å². The smallest absolute Gasteiger partial charge is 0.227 e. The van der Waals surface area contributed by atoms with Crippen molar-refractivity contribution < 1.29 is 4.79 Å². The highest BCUT2D eigenvalue weighted by Gasteiger charge is 2.26. The summed E-state index contributed by atoms with van der Waals surface area (Å²) in [6.45, 7) is 3.32. The van der Waals surface area contributed by atoms with Gasteiger partial charge in [0.2, 0.25) is 5.91 Å². The molecule has 112 valence electrons. The Hall–Kier alpha value is -1.17. The van der Waals surface area contributed by atoms with Gasteiger partial charge in [-0.3, -0.25) is 4.79 Å². The second-order valence-corrected chi connectivity index (χ2v) is 7.46. The Morgan fingerprint density at radius 1 is 1.19 bits per heavy atom. The summed E-state index contributed by atoms with van der Waals surface area (Å²) < 4.78 is 0. The maximum atomic E-state index is 12.8. The highest BCUT2D eigenvalue weighted by atomic mass is 32.1. The van der Waals surface area contributed by atoms with Crippen molar-refractivity contribution in [2.45, 2.75) is 25.9 Å². The molecule has 3 heterocycles. The van der Waals surface area contributed by atoms with E-state index < -0.39 is 0 Å². The first-order valence-corrected chi connectivity index (χ1v) is 9.13. The fourth-order valence-electron chi connectivity index (χ4n) is 2.71. The average Bonchev–Trinajstić information content (AvgIpc) is 3.20. The largest absolute Gasteiger partial charge is 0.332 e. The van der Waals surface area contributed by atoms with E-state index >= 15 is 0 Å². The Balaban J connectivity index is 1.72. The van der Waals surface area contributed by atoms with Gasteiger partial charge in [0.05, 0.1) is 19.0 Å². The van der Waals surface area contributed by atoms with Crippen LogP contribution in [0.2, 0.25) is 0 Å². The minimum Gasteiger partial charge on any atom is -0.332 e. The molecule has 0 spiro atoms. The molecule has 0 aromatic carbocycles. The lowest BCUT2D eigenvalue weighted by molar-refractivity contribution is -0.137. The Labute approximate surface area is 133 Å². The van der Waals surface area contributed by atoms with Crippen molar-refractivity contribution in [3.8, 4) is 0 Å². The summed E-state index contributed by atoms with van der Waals surface area (Å²) in [6, 6.07) is 8.32. The topological polar surface area (TPSA) is 32.3 Å². The molecule has 0 aliphatic carbocycles. The predicted octanol–water partition coefficient (Wildman–Crippen LogP) is 3.34. The van der Waals surface area contributed by atoms with Crippen LogP contribution in [-0.2, 0) is 17.9 Å². The molecule has 2 aromatic rings. The molecule has 1 aliphatic rings. The number of piperidine rings is 1. The van der Waals surface area contributed by atoms with E-state index in [0.29, 0.717) is 5.91 Å². The lowest BCUT2D eigenvalue weighted by atomic mass is 9.98. The van der Waals surface area contributed by atoms with Crippen molar-refractivity contribution in [1.29, 1.82) is 0 Å². The number of carbonyl (C=O) groups excluding carboxylic acids is 1. The van der Waals surface area contributed by atoms with E-state index in [2.05, 4.69) is 40.3 Å². The first-order valence-electron chi connectivity index (χ1n) is 7.37. The standard InChI is InChI=1S/C16H20N2OS2/c19-16(13-4-1-7-17-10-13)18(11-14-5-2-8-20-14)12-15-6-3-9-21-15/h2-3,5-6,8-9,13,17H,1,4,7,10-12H2. The van der Waals surface area contributed by atoms with Gasteiger partial charge in [0.25, 0.3) is 0 Å². The molecule has 1 unspecified atom stereocenters. The summed E-state index contributed by atoms with van der Waals surface area (Å²) in [7, 11) is 0. The fraction of sp³-hybridized carbons (Fsp3) is 0.438. The van der Waals surface area contributed by atoms with Crippen molar-refractivity contribution in [2.24, 2.45) is 5.92 Å². The van der Waals surface area contributed by atoms with Crippen molar-refractivity contribution >= 4 is 28.6 Å². The lowest BCUT2D eigenvalue weighted by Gasteiger charge is -2.29. The zero-order valence-electron chi connectivity index (χ0n) is 12.0. The lowest BCUT2D eigenvalue weighted by Crippen LogP contribution is -2.42. The maximum Gasteiger partial charge on any atom is 0.227 e. The number of hydrogen-bond acceptors (Lipinski definition) is 4. The third-order valence-corrected chi connectivity index (χ3v) is 5.53. The summed E-state index contributed by atoms with van der Waals surface area (Å²) in [4.78, 5) is 17.4. The monoisotopic (exact) mass is 320 g/mol. The van der Waals surface area contributed by atoms with Crippen molar-refractivity contribution in [3.63, 3.8) is 0 Å². The highest BCUT2D eigenvalue weighted by Crippen LogP contribution is 2.21. The van der Waals surface area contributed by atoms with Gasteiger partial charge in [-0.1, -0.05) is 12.1 Å². The SMILES string of the molecule is O=C(C1CCCNC1)N(Cc1cccs1)Cc1cccs1. The van der Waals surface area contributed by atoms with Gasteiger partial charge in [-0.15, -0.1) is 22.7 Å². The Morgan fingerprint density at radius 3 is 2.33 bits per heavy atom. The normalized spacial score (nSPS) is 18.6. The molecule has 0 radical (unpaired) electrons. The fourth-order valence-corrected chi connectivity index (χ4v) is 4.15. The molecule has 3 nitrogen and oxygen atoms in total. The molecule has 0 bridgehead atoms. The van der Waals surface area contributed by atoms with Gasteiger partial charge < -0.3 is 10.2 Å². The van der Waals surface area contributed by atoms with Crippen LogP contribution in [-0.4, -0.2) is 23.9 Å². The van der Waals surface area contributed by atoms with Crippen LogP contribution in [0.25, 0.3) is 0 Å². The van der Waals surface area contributed by atoms with Crippen molar-refractivity contribution in [3.05, 3.63) is 44.8 Å². The number of nitrogens with zero attached hydrogens (tertiary/aromatic N) is 1. The van der Waals surface area contributed by atoms with E-state index in [1.807, 2.05) is 4.90 Å². The molecule has 1 aliphatic heterocycles. The second kappa shape index (κ2) is 7.20. The van der Waals surface area contributed by atoms with Gasteiger partial charge in [0.1, 0.15) is 0 Å². The highest BCUT2D eigenvalue weighted by molar-refractivity contribution is 7.10. The van der Waals surface area contributed by atoms with E-state index in [4.69, 9.17) is 0 Å². The van der Waals surface area contributed by atoms with E-state index in [9.17, 15) is 4.79 Å². The Bertz CT molecular complexity index is 509. The van der Waals surface area contributed by atoms with E-state index in [1.165, 1.54) is 9.75 Å². The van der Waals surface area contributed by atoms with E-state index in [0.717, 1.165) is 39.0 Å². The summed E-state index contributed by atoms with van der Waals surface area (Å²) in [6.07, 6.45) is 2.11. The summed E-state index contributed by atoms with van der Waals surface area (Å²) >= 11 is 3.44. The number of nitrogens with one attached hydrogen (secondary N) is 1. The molecule has 21 heavy (non-hydrogen) atoms. The molecule has 3 rings (SSSR count). The first-order chi connectivity index (χ1) is 10.3. The van der Waals surface area contributed by atoms with Crippen LogP contribution >= 0.6 is 22.7 Å². The van der Waals surface area contributed by atoms with E-state index in [1.54, 1.807) is 22.7 Å². The zero-order chi connectivity index (χ0) is 14.5. The van der Waals surface area contributed by atoms with Crippen LogP contribution in [0.15, 0.2) is 35.0 Å². The molecule has 1 atom stereocenters. The molecule has 2 aromatic heterocycles. The Morgan fingerprint density at radius 2 is 1.86 bits per heavy atom. The number of carbonyl (C=O) groups is 1. The third kappa shape index (κ3) is 3.93. The summed E-state index contributed by atoms with van der Waals surface area (Å²) in [5.41, 5.74) is 0. The predicted molar refractivity (Wildman–Crippen MR) is 88.5 cm³/mol. The van der Waals surface area contributed by atoms with Crippen LogP contribution < -0.4 is 5.32 Å². The van der Waals surface area contributed by atoms with Gasteiger partial charge in [-0.25, -0.2) is 0 Å². The summed E-state index contributed by atoms with van der Waals surface area (Å²) in [5, 5.41) is 7.50. The summed E-state index contributed by atoms with van der Waals surface area (Å²) in [5.74, 6) is 0.433. The third-order valence-electron chi connectivity index (χ3n) is 3.81. The molecule has 1 N–H and O–H groups in total. The molecule has 5 heteroatoms. The number of hydrogen-bond donors (Lipinski definition) is 1. The minimum atomic E-state index is 0.138. The number of amides is 1.